The number of likely N-dealkylation sites (tertiary alicyclic amines) is 1. The Morgan fingerprint density at radius 2 is 1.67 bits per heavy atom. The molecule has 2 aromatic heterocycles. The predicted octanol–water partition coefficient (Wildman–Crippen LogP) is 5.85. The van der Waals surface area contributed by atoms with Gasteiger partial charge in [-0.1, -0.05) is 51.1 Å². The first-order chi connectivity index (χ1) is 17.1. The van der Waals surface area contributed by atoms with E-state index in [2.05, 4.69) is 32.9 Å². The third kappa shape index (κ3) is 4.33. The molecular weight excluding hydrogens is 488 g/mol. The highest BCUT2D eigenvalue weighted by Gasteiger charge is 2.59. The highest BCUT2D eigenvalue weighted by molar-refractivity contribution is 7.12. The van der Waals surface area contributed by atoms with Gasteiger partial charge in [0, 0.05) is 16.7 Å². The first-order valence-corrected chi connectivity index (χ1v) is 14.2. The van der Waals surface area contributed by atoms with Crippen molar-refractivity contribution >= 4 is 40.3 Å². The number of aryl methyl sites for hydroxylation is 1. The van der Waals surface area contributed by atoms with Crippen LogP contribution >= 0.6 is 22.7 Å². The van der Waals surface area contributed by atoms with Crippen LogP contribution in [0, 0.1) is 18.8 Å². The van der Waals surface area contributed by atoms with Crippen LogP contribution in [0.1, 0.15) is 76.8 Å². The highest BCUT2D eigenvalue weighted by atomic mass is 32.1. The lowest BCUT2D eigenvalue weighted by molar-refractivity contribution is -0.140. The number of ketones is 1. The van der Waals surface area contributed by atoms with Crippen molar-refractivity contribution in [2.24, 2.45) is 17.6 Å². The second-order valence-corrected chi connectivity index (χ2v) is 12.9. The third-order valence-electron chi connectivity index (χ3n) is 7.54. The summed E-state index contributed by atoms with van der Waals surface area (Å²) in [4.78, 5) is 44.4. The summed E-state index contributed by atoms with van der Waals surface area (Å²) in [6.07, 6.45) is 1.62. The molecule has 1 aliphatic carbocycles. The summed E-state index contributed by atoms with van der Waals surface area (Å²) < 4.78 is 0. The van der Waals surface area contributed by atoms with E-state index in [0.717, 1.165) is 34.4 Å². The minimum Gasteiger partial charge on any atom is -0.368 e. The molecule has 188 valence electrons. The standard InChI is InChI=1S/C29H32N2O3S2/c1-16-13-15-36-26(16)23-22(25(32)20-6-5-14-35-20)21(17-9-11-19(12-10-17)29(2,3)4)24(27(30)33)31(23)28(34)18-7-8-18/h5-6,9-15,18,21-24H,7-8H2,1-4H3,(H2,30,33). The zero-order valence-electron chi connectivity index (χ0n) is 21.1. The number of nitrogens with two attached hydrogens (primary N) is 1. The molecule has 0 spiro atoms. The van der Waals surface area contributed by atoms with Crippen molar-refractivity contribution in [1.82, 2.24) is 4.90 Å². The average Bonchev–Trinajstić information content (AvgIpc) is 3.22. The van der Waals surface area contributed by atoms with E-state index in [4.69, 9.17) is 5.73 Å². The largest absolute Gasteiger partial charge is 0.368 e. The predicted molar refractivity (Wildman–Crippen MR) is 144 cm³/mol. The van der Waals surface area contributed by atoms with Crippen LogP contribution < -0.4 is 5.73 Å². The summed E-state index contributed by atoms with van der Waals surface area (Å²) in [6.45, 7) is 8.46. The molecule has 7 heteroatoms. The number of rotatable bonds is 6. The van der Waals surface area contributed by atoms with Gasteiger partial charge in [0.1, 0.15) is 6.04 Å². The highest BCUT2D eigenvalue weighted by Crippen LogP contribution is 2.54. The molecule has 1 saturated heterocycles. The van der Waals surface area contributed by atoms with E-state index < -0.39 is 29.8 Å². The summed E-state index contributed by atoms with van der Waals surface area (Å²) in [5.41, 5.74) is 9.09. The number of carbonyl (C=O) groups is 3. The van der Waals surface area contributed by atoms with E-state index in [9.17, 15) is 14.4 Å². The quantitative estimate of drug-likeness (QED) is 0.414. The first-order valence-electron chi connectivity index (χ1n) is 12.4. The van der Waals surface area contributed by atoms with Gasteiger partial charge in [-0.05, 0) is 64.8 Å². The van der Waals surface area contributed by atoms with Crippen LogP contribution in [-0.4, -0.2) is 28.5 Å². The van der Waals surface area contributed by atoms with Crippen LogP contribution in [0.2, 0.25) is 0 Å². The summed E-state index contributed by atoms with van der Waals surface area (Å²) in [6, 6.07) is 12.4. The number of amides is 2. The van der Waals surface area contributed by atoms with Crippen LogP contribution in [0.5, 0.6) is 0 Å². The van der Waals surface area contributed by atoms with Crippen molar-refractivity contribution in [1.29, 1.82) is 0 Å². The van der Waals surface area contributed by atoms with Crippen molar-refractivity contribution in [3.63, 3.8) is 0 Å². The third-order valence-corrected chi connectivity index (χ3v) is 9.51. The maximum atomic E-state index is 14.2. The van der Waals surface area contributed by atoms with Crippen LogP contribution in [0.4, 0.5) is 0 Å². The number of hydrogen-bond donors (Lipinski definition) is 1. The monoisotopic (exact) mass is 520 g/mol. The number of Topliss-reactive ketones (excluding diaryl/α,β-unsaturated/α-hetero) is 1. The zero-order chi connectivity index (χ0) is 25.8. The minimum atomic E-state index is -0.890. The topological polar surface area (TPSA) is 80.5 Å². The molecule has 1 saturated carbocycles. The fraction of sp³-hybridized carbons (Fsp3) is 0.414. The molecule has 2 fully saturated rings. The Bertz CT molecular complexity index is 1280. The smallest absolute Gasteiger partial charge is 0.240 e. The number of benzene rings is 1. The van der Waals surface area contributed by atoms with Gasteiger partial charge in [0.2, 0.25) is 11.8 Å². The Morgan fingerprint density at radius 1 is 0.972 bits per heavy atom. The van der Waals surface area contributed by atoms with Crippen LogP contribution in [0.15, 0.2) is 53.2 Å². The van der Waals surface area contributed by atoms with Gasteiger partial charge in [-0.2, -0.15) is 0 Å². The molecule has 1 aromatic carbocycles. The molecule has 3 aromatic rings. The number of thiophene rings is 2. The van der Waals surface area contributed by atoms with Gasteiger partial charge in [-0.15, -0.1) is 22.7 Å². The van der Waals surface area contributed by atoms with Gasteiger partial charge in [-0.25, -0.2) is 0 Å². The maximum absolute atomic E-state index is 14.2. The Balaban J connectivity index is 1.72. The molecule has 1 aliphatic heterocycles. The zero-order valence-corrected chi connectivity index (χ0v) is 22.7. The Morgan fingerprint density at radius 3 is 2.17 bits per heavy atom. The lowest BCUT2D eigenvalue weighted by Gasteiger charge is -2.30. The summed E-state index contributed by atoms with van der Waals surface area (Å²) in [5.74, 6) is -1.90. The molecule has 2 N–H and O–H groups in total. The molecular formula is C29H32N2O3S2. The Hall–Kier alpha value is -2.77. The first kappa shape index (κ1) is 24.9. The molecule has 4 atom stereocenters. The van der Waals surface area contributed by atoms with Gasteiger partial charge in [-0.3, -0.25) is 14.4 Å². The van der Waals surface area contributed by atoms with Crippen LogP contribution in [0.25, 0.3) is 0 Å². The maximum Gasteiger partial charge on any atom is 0.240 e. The average molecular weight is 521 g/mol. The molecule has 4 unspecified atom stereocenters. The minimum absolute atomic E-state index is 0.0337. The normalized spacial score (nSPS) is 24.2. The van der Waals surface area contributed by atoms with Crippen LogP contribution in [0.3, 0.4) is 0 Å². The van der Waals surface area contributed by atoms with E-state index in [0.29, 0.717) is 4.88 Å². The second kappa shape index (κ2) is 9.27. The molecule has 2 aliphatic rings. The molecule has 2 amide bonds. The van der Waals surface area contributed by atoms with Crippen LogP contribution in [-0.2, 0) is 15.0 Å². The number of carbonyl (C=O) groups excluding carboxylic acids is 3. The molecule has 3 heterocycles. The van der Waals surface area contributed by atoms with Gasteiger partial charge in [0.05, 0.1) is 16.8 Å². The van der Waals surface area contributed by atoms with Gasteiger partial charge < -0.3 is 10.6 Å². The fourth-order valence-electron chi connectivity index (χ4n) is 5.50. The van der Waals surface area contributed by atoms with Crippen molar-refractivity contribution < 1.29 is 14.4 Å². The Kier molecular flexibility index (Phi) is 6.41. The fourth-order valence-corrected chi connectivity index (χ4v) is 7.29. The lowest BCUT2D eigenvalue weighted by Crippen LogP contribution is -2.47. The summed E-state index contributed by atoms with van der Waals surface area (Å²) in [7, 11) is 0. The van der Waals surface area contributed by atoms with Crippen molar-refractivity contribution in [3.05, 3.63) is 79.7 Å². The molecule has 5 nitrogen and oxygen atoms in total. The van der Waals surface area contributed by atoms with Gasteiger partial charge >= 0.3 is 0 Å². The van der Waals surface area contributed by atoms with E-state index >= 15 is 0 Å². The lowest BCUT2D eigenvalue weighted by atomic mass is 9.77. The summed E-state index contributed by atoms with van der Waals surface area (Å²) in [5, 5.41) is 3.88. The number of hydrogen-bond acceptors (Lipinski definition) is 5. The molecule has 36 heavy (non-hydrogen) atoms. The molecule has 5 rings (SSSR count). The van der Waals surface area contributed by atoms with E-state index in [1.807, 2.05) is 48.0 Å². The summed E-state index contributed by atoms with van der Waals surface area (Å²) >= 11 is 2.94. The van der Waals surface area contributed by atoms with E-state index in [1.54, 1.807) is 16.2 Å². The van der Waals surface area contributed by atoms with Gasteiger partial charge in [0.25, 0.3) is 0 Å². The van der Waals surface area contributed by atoms with Crippen molar-refractivity contribution in [2.75, 3.05) is 0 Å². The second-order valence-electron chi connectivity index (χ2n) is 11.0. The Labute approximate surface area is 220 Å². The SMILES string of the molecule is Cc1ccsc1C1C(C(=O)c2cccs2)C(c2ccc(C(C)(C)C)cc2)C(C(N)=O)N1C(=O)C1CC1. The van der Waals surface area contributed by atoms with E-state index in [-0.39, 0.29) is 23.0 Å². The van der Waals surface area contributed by atoms with Crippen molar-refractivity contribution in [2.45, 2.75) is 64.0 Å². The van der Waals surface area contributed by atoms with E-state index in [1.165, 1.54) is 11.3 Å². The number of primary amides is 1. The number of nitrogens with zero attached hydrogens (tertiary/aromatic N) is 1. The molecule has 0 bridgehead atoms. The van der Waals surface area contributed by atoms with Gasteiger partial charge in [0.15, 0.2) is 5.78 Å². The van der Waals surface area contributed by atoms with Crippen molar-refractivity contribution in [3.8, 4) is 0 Å². The molecule has 0 radical (unpaired) electrons.